The Morgan fingerprint density at radius 2 is 2.27 bits per heavy atom. The fourth-order valence-electron chi connectivity index (χ4n) is 1.84. The van der Waals surface area contributed by atoms with E-state index in [2.05, 4.69) is 4.98 Å². The van der Waals surface area contributed by atoms with Crippen LogP contribution in [0.5, 0.6) is 0 Å². The minimum Gasteiger partial charge on any atom is -0.481 e. The number of carboxylic acid groups (broad SMARTS) is 1. The van der Waals surface area contributed by atoms with Crippen LogP contribution >= 0.6 is 0 Å². The number of hydrogen-bond acceptors (Lipinski definition) is 2. The maximum Gasteiger partial charge on any atom is 0.312 e. The highest BCUT2D eigenvalue weighted by molar-refractivity contribution is 5.75. The van der Waals surface area contributed by atoms with Gasteiger partial charge in [-0.3, -0.25) is 4.79 Å². The van der Waals surface area contributed by atoms with Gasteiger partial charge in [-0.1, -0.05) is 13.8 Å². The van der Waals surface area contributed by atoms with Gasteiger partial charge in [-0.05, 0) is 18.8 Å². The van der Waals surface area contributed by atoms with Crippen molar-refractivity contribution in [3.63, 3.8) is 0 Å². The average molecular weight is 208 g/mol. The van der Waals surface area contributed by atoms with E-state index in [1.54, 1.807) is 6.33 Å². The Balaban J connectivity index is 2.21. The van der Waals surface area contributed by atoms with Gasteiger partial charge in [0.25, 0.3) is 0 Å². The summed E-state index contributed by atoms with van der Waals surface area (Å²) in [4.78, 5) is 15.3. The van der Waals surface area contributed by atoms with E-state index in [1.807, 2.05) is 24.6 Å². The molecule has 4 nitrogen and oxygen atoms in total. The van der Waals surface area contributed by atoms with Crippen molar-refractivity contribution in [2.75, 3.05) is 0 Å². The first-order valence-corrected chi connectivity index (χ1v) is 5.35. The molecule has 82 valence electrons. The second-order valence-corrected chi connectivity index (χ2v) is 4.54. The molecule has 1 aromatic heterocycles. The van der Waals surface area contributed by atoms with E-state index < -0.39 is 11.9 Å². The predicted molar refractivity (Wildman–Crippen MR) is 55.7 cm³/mol. The third-order valence-corrected chi connectivity index (χ3v) is 2.84. The summed E-state index contributed by atoms with van der Waals surface area (Å²) in [5.41, 5.74) is 0.685. The van der Waals surface area contributed by atoms with Crippen LogP contribution in [0.1, 0.15) is 44.3 Å². The van der Waals surface area contributed by atoms with Gasteiger partial charge in [-0.2, -0.15) is 0 Å². The van der Waals surface area contributed by atoms with Crippen molar-refractivity contribution in [1.29, 1.82) is 0 Å². The lowest BCUT2D eigenvalue weighted by molar-refractivity contribution is -0.140. The Bertz CT molecular complexity index is 366. The summed E-state index contributed by atoms with van der Waals surface area (Å²) in [6.45, 7) is 3.82. The van der Waals surface area contributed by atoms with Crippen LogP contribution in [0.4, 0.5) is 0 Å². The summed E-state index contributed by atoms with van der Waals surface area (Å²) in [7, 11) is 0. The summed E-state index contributed by atoms with van der Waals surface area (Å²) in [6.07, 6.45) is 6.02. The van der Waals surface area contributed by atoms with Gasteiger partial charge in [0.15, 0.2) is 0 Å². The van der Waals surface area contributed by atoms with E-state index in [4.69, 9.17) is 5.11 Å². The predicted octanol–water partition coefficient (Wildman–Crippen LogP) is 2.04. The Morgan fingerprint density at radius 3 is 2.73 bits per heavy atom. The van der Waals surface area contributed by atoms with Gasteiger partial charge in [0.1, 0.15) is 5.92 Å². The zero-order chi connectivity index (χ0) is 11.0. The molecule has 0 saturated heterocycles. The molecule has 1 fully saturated rings. The van der Waals surface area contributed by atoms with Crippen molar-refractivity contribution in [3.05, 3.63) is 18.2 Å². The van der Waals surface area contributed by atoms with Crippen LogP contribution in [0.3, 0.4) is 0 Å². The van der Waals surface area contributed by atoms with Crippen molar-refractivity contribution in [1.82, 2.24) is 9.55 Å². The molecule has 0 radical (unpaired) electrons. The highest BCUT2D eigenvalue weighted by Gasteiger charge is 2.28. The lowest BCUT2D eigenvalue weighted by Gasteiger charge is -2.13. The first kappa shape index (κ1) is 10.2. The molecular formula is C11H16N2O2. The summed E-state index contributed by atoms with van der Waals surface area (Å²) in [5, 5.41) is 9.11. The van der Waals surface area contributed by atoms with Crippen molar-refractivity contribution >= 4 is 5.97 Å². The summed E-state index contributed by atoms with van der Waals surface area (Å²) in [6, 6.07) is 0.563. The molecule has 4 heteroatoms. The first-order valence-electron chi connectivity index (χ1n) is 5.35. The van der Waals surface area contributed by atoms with E-state index in [-0.39, 0.29) is 5.92 Å². The molecule has 1 heterocycles. The van der Waals surface area contributed by atoms with E-state index in [9.17, 15) is 4.79 Å². The minimum absolute atomic E-state index is 0.0741. The van der Waals surface area contributed by atoms with Crippen molar-refractivity contribution in [2.45, 2.75) is 38.6 Å². The number of carbonyl (C=O) groups is 1. The van der Waals surface area contributed by atoms with Crippen molar-refractivity contribution in [2.24, 2.45) is 5.92 Å². The van der Waals surface area contributed by atoms with E-state index in [0.29, 0.717) is 11.7 Å². The van der Waals surface area contributed by atoms with Crippen LogP contribution < -0.4 is 0 Å². The summed E-state index contributed by atoms with van der Waals surface area (Å²) in [5.74, 6) is -1.19. The van der Waals surface area contributed by atoms with Crippen LogP contribution in [0, 0.1) is 5.92 Å². The summed E-state index contributed by atoms with van der Waals surface area (Å²) >= 11 is 0. The number of imidazole rings is 1. The molecule has 15 heavy (non-hydrogen) atoms. The zero-order valence-electron chi connectivity index (χ0n) is 9.05. The van der Waals surface area contributed by atoms with E-state index in [0.717, 1.165) is 0 Å². The van der Waals surface area contributed by atoms with Crippen LogP contribution in [-0.2, 0) is 4.79 Å². The zero-order valence-corrected chi connectivity index (χ0v) is 9.05. The highest BCUT2D eigenvalue weighted by Crippen LogP contribution is 2.35. The molecule has 1 unspecified atom stereocenters. The number of hydrogen-bond donors (Lipinski definition) is 1. The molecule has 1 N–H and O–H groups in total. The van der Waals surface area contributed by atoms with Gasteiger partial charge in [0.2, 0.25) is 0 Å². The molecule has 0 aliphatic heterocycles. The van der Waals surface area contributed by atoms with Crippen LogP contribution in [0.25, 0.3) is 0 Å². The number of carboxylic acids is 1. The topological polar surface area (TPSA) is 55.1 Å². The normalized spacial score (nSPS) is 18.1. The van der Waals surface area contributed by atoms with Gasteiger partial charge < -0.3 is 9.67 Å². The smallest absolute Gasteiger partial charge is 0.312 e. The summed E-state index contributed by atoms with van der Waals surface area (Å²) < 4.78 is 2.04. The molecule has 0 spiro atoms. The number of rotatable bonds is 4. The van der Waals surface area contributed by atoms with Gasteiger partial charge in [-0.25, -0.2) is 4.98 Å². The molecule has 2 rings (SSSR count). The maximum absolute atomic E-state index is 11.1. The van der Waals surface area contributed by atoms with Crippen molar-refractivity contribution < 1.29 is 9.90 Å². The monoisotopic (exact) mass is 208 g/mol. The van der Waals surface area contributed by atoms with Crippen LogP contribution in [0.2, 0.25) is 0 Å². The molecule has 0 amide bonds. The fourth-order valence-corrected chi connectivity index (χ4v) is 1.84. The minimum atomic E-state index is -0.786. The van der Waals surface area contributed by atoms with Gasteiger partial charge >= 0.3 is 5.97 Å². The van der Waals surface area contributed by atoms with Gasteiger partial charge in [0.05, 0.1) is 12.0 Å². The molecule has 1 aliphatic rings. The third-order valence-electron chi connectivity index (χ3n) is 2.84. The maximum atomic E-state index is 11.1. The molecule has 1 aliphatic carbocycles. The highest BCUT2D eigenvalue weighted by atomic mass is 16.4. The second kappa shape index (κ2) is 3.68. The fraction of sp³-hybridized carbons (Fsp3) is 0.636. The Morgan fingerprint density at radius 1 is 1.60 bits per heavy atom. The standard InChI is InChI=1S/C11H16N2O2/c1-7(2)10(11(14)15)9-5-13(6-12-9)8-3-4-8/h5-8,10H,3-4H2,1-2H3,(H,14,15). The number of nitrogens with zero attached hydrogens (tertiary/aromatic N) is 2. The number of aromatic nitrogens is 2. The van der Waals surface area contributed by atoms with Crippen molar-refractivity contribution in [3.8, 4) is 0 Å². The Kier molecular flexibility index (Phi) is 2.50. The molecule has 1 saturated carbocycles. The van der Waals surface area contributed by atoms with E-state index >= 15 is 0 Å². The van der Waals surface area contributed by atoms with Crippen LogP contribution in [0.15, 0.2) is 12.5 Å². The SMILES string of the molecule is CC(C)C(C(=O)O)c1cn(C2CC2)cn1. The van der Waals surface area contributed by atoms with Gasteiger partial charge in [0, 0.05) is 12.2 Å². The second-order valence-electron chi connectivity index (χ2n) is 4.54. The van der Waals surface area contributed by atoms with Crippen LogP contribution in [-0.4, -0.2) is 20.6 Å². The Hall–Kier alpha value is -1.32. The molecule has 1 aromatic rings. The van der Waals surface area contributed by atoms with E-state index in [1.165, 1.54) is 12.8 Å². The third kappa shape index (κ3) is 2.03. The first-order chi connectivity index (χ1) is 7.09. The lowest BCUT2D eigenvalue weighted by atomic mass is 9.93. The lowest BCUT2D eigenvalue weighted by Crippen LogP contribution is -2.17. The number of aliphatic carboxylic acids is 1. The molecule has 1 atom stereocenters. The average Bonchev–Trinajstić information content (AvgIpc) is 2.87. The van der Waals surface area contributed by atoms with Gasteiger partial charge in [-0.15, -0.1) is 0 Å². The Labute approximate surface area is 88.9 Å². The quantitative estimate of drug-likeness (QED) is 0.823. The largest absolute Gasteiger partial charge is 0.481 e. The molecular weight excluding hydrogens is 192 g/mol. The molecule has 0 bridgehead atoms. The molecule has 0 aromatic carbocycles.